The Morgan fingerprint density at radius 2 is 1.80 bits per heavy atom. The van der Waals surface area contributed by atoms with Gasteiger partial charge in [-0.25, -0.2) is 0 Å². The molecule has 0 aromatic rings. The van der Waals surface area contributed by atoms with Gasteiger partial charge in [0.05, 0.1) is 7.11 Å². The van der Waals surface area contributed by atoms with Crippen molar-refractivity contribution in [3.05, 3.63) is 0 Å². The van der Waals surface area contributed by atoms with Crippen molar-refractivity contribution in [2.24, 2.45) is 17.3 Å². The van der Waals surface area contributed by atoms with Crippen LogP contribution in [0.2, 0.25) is 0 Å². The smallest absolute Gasteiger partial charge is 0.323 e. The molecule has 2 rings (SSSR count). The lowest BCUT2D eigenvalue weighted by molar-refractivity contribution is -0.174. The summed E-state index contributed by atoms with van der Waals surface area (Å²) in [5, 5.41) is 9.78. The first kappa shape index (κ1) is 15.3. The molecular weight excluding hydrogens is 260 g/mol. The molecule has 114 valence electrons. The van der Waals surface area contributed by atoms with Crippen molar-refractivity contribution in [2.75, 3.05) is 20.3 Å². The van der Waals surface area contributed by atoms with Crippen LogP contribution in [0, 0.1) is 17.3 Å². The zero-order valence-corrected chi connectivity index (χ0v) is 12.1. The van der Waals surface area contributed by atoms with E-state index in [1.165, 1.54) is 7.11 Å². The molecule has 0 spiro atoms. The Kier molecular flexibility index (Phi) is 5.02. The minimum Gasteiger partial charge on any atom is -0.480 e. The first-order valence-electron chi connectivity index (χ1n) is 7.51. The molecule has 5 heteroatoms. The van der Waals surface area contributed by atoms with Crippen molar-refractivity contribution >= 4 is 11.9 Å². The van der Waals surface area contributed by atoms with Crippen LogP contribution in [-0.4, -0.2) is 37.4 Å². The van der Waals surface area contributed by atoms with Gasteiger partial charge in [-0.15, -0.1) is 0 Å². The molecule has 1 aliphatic heterocycles. The van der Waals surface area contributed by atoms with Gasteiger partial charge in [-0.2, -0.15) is 0 Å². The molecule has 2 aliphatic rings. The van der Waals surface area contributed by atoms with Gasteiger partial charge >= 0.3 is 11.9 Å². The highest BCUT2D eigenvalue weighted by Crippen LogP contribution is 2.46. The summed E-state index contributed by atoms with van der Waals surface area (Å²) in [5.41, 5.74) is -1.35. The average Bonchev–Trinajstić information content (AvgIpc) is 2.99. The molecule has 20 heavy (non-hydrogen) atoms. The minimum absolute atomic E-state index is 0.0877. The van der Waals surface area contributed by atoms with Gasteiger partial charge in [0.2, 0.25) is 0 Å². The monoisotopic (exact) mass is 284 g/mol. The molecule has 1 heterocycles. The molecule has 0 radical (unpaired) electrons. The maximum atomic E-state index is 12.3. The number of ether oxygens (including phenoxy) is 2. The van der Waals surface area contributed by atoms with Gasteiger partial charge in [0.1, 0.15) is 0 Å². The van der Waals surface area contributed by atoms with Crippen molar-refractivity contribution in [1.29, 1.82) is 0 Å². The number of carbonyl (C=O) groups is 2. The predicted octanol–water partition coefficient (Wildman–Crippen LogP) is 2.24. The SMILES string of the molecule is COC(=O)C(CC1CCOCC1)(C(=O)O)C1CCCC1. The van der Waals surface area contributed by atoms with E-state index < -0.39 is 17.4 Å². The van der Waals surface area contributed by atoms with Crippen molar-refractivity contribution in [3.63, 3.8) is 0 Å². The Labute approximate surface area is 119 Å². The normalized spacial score (nSPS) is 24.2. The highest BCUT2D eigenvalue weighted by Gasteiger charge is 2.54. The Hall–Kier alpha value is -1.10. The lowest BCUT2D eigenvalue weighted by Gasteiger charge is -2.36. The summed E-state index contributed by atoms with van der Waals surface area (Å²) < 4.78 is 10.2. The summed E-state index contributed by atoms with van der Waals surface area (Å²) in [4.78, 5) is 24.3. The molecular formula is C15H24O5. The third kappa shape index (κ3) is 2.82. The molecule has 1 saturated carbocycles. The number of aliphatic carboxylic acids is 1. The predicted molar refractivity (Wildman–Crippen MR) is 72.2 cm³/mol. The van der Waals surface area contributed by atoms with E-state index in [1.807, 2.05) is 0 Å². The largest absolute Gasteiger partial charge is 0.480 e. The standard InChI is InChI=1S/C15H24O5/c1-19-14(18)15(13(16)17,12-4-2-3-5-12)10-11-6-8-20-9-7-11/h11-12H,2-10H2,1H3,(H,16,17). The van der Waals surface area contributed by atoms with Gasteiger partial charge < -0.3 is 14.6 Å². The highest BCUT2D eigenvalue weighted by molar-refractivity contribution is 5.99. The second kappa shape index (κ2) is 6.57. The van der Waals surface area contributed by atoms with Crippen LogP contribution >= 0.6 is 0 Å². The molecule has 0 bridgehead atoms. The van der Waals surface area contributed by atoms with Gasteiger partial charge in [0.15, 0.2) is 5.41 Å². The van der Waals surface area contributed by atoms with Crippen LogP contribution in [0.1, 0.15) is 44.9 Å². The third-order valence-electron chi connectivity index (χ3n) is 4.93. The van der Waals surface area contributed by atoms with Crippen LogP contribution in [-0.2, 0) is 19.1 Å². The van der Waals surface area contributed by atoms with E-state index in [0.717, 1.165) is 38.5 Å². The molecule has 0 amide bonds. The van der Waals surface area contributed by atoms with E-state index in [1.54, 1.807) is 0 Å². The van der Waals surface area contributed by atoms with Crippen molar-refractivity contribution < 1.29 is 24.2 Å². The van der Waals surface area contributed by atoms with Crippen LogP contribution in [0.5, 0.6) is 0 Å². The second-order valence-electron chi connectivity index (χ2n) is 6.01. The number of methoxy groups -OCH3 is 1. The molecule has 1 aliphatic carbocycles. The topological polar surface area (TPSA) is 72.8 Å². The van der Waals surface area contributed by atoms with E-state index in [4.69, 9.17) is 9.47 Å². The van der Waals surface area contributed by atoms with Gasteiger partial charge in [0, 0.05) is 13.2 Å². The Balaban J connectivity index is 2.24. The van der Waals surface area contributed by atoms with Crippen LogP contribution in [0.25, 0.3) is 0 Å². The first-order chi connectivity index (χ1) is 9.61. The number of carbonyl (C=O) groups excluding carboxylic acids is 1. The zero-order chi connectivity index (χ0) is 14.6. The molecule has 1 atom stereocenters. The molecule has 1 N–H and O–H groups in total. The van der Waals surface area contributed by atoms with Gasteiger partial charge in [-0.3, -0.25) is 9.59 Å². The second-order valence-corrected chi connectivity index (χ2v) is 6.01. The fourth-order valence-electron chi connectivity index (χ4n) is 3.77. The molecule has 0 aromatic carbocycles. The van der Waals surface area contributed by atoms with Crippen molar-refractivity contribution in [2.45, 2.75) is 44.9 Å². The summed E-state index contributed by atoms with van der Waals surface area (Å²) in [6.45, 7) is 1.32. The summed E-state index contributed by atoms with van der Waals surface area (Å²) in [6.07, 6.45) is 5.69. The van der Waals surface area contributed by atoms with Crippen LogP contribution in [0.4, 0.5) is 0 Å². The zero-order valence-electron chi connectivity index (χ0n) is 12.1. The molecule has 1 saturated heterocycles. The molecule has 2 fully saturated rings. The van der Waals surface area contributed by atoms with E-state index in [0.29, 0.717) is 19.6 Å². The fraction of sp³-hybridized carbons (Fsp3) is 0.867. The minimum atomic E-state index is -1.35. The summed E-state index contributed by atoms with van der Waals surface area (Å²) >= 11 is 0. The molecule has 1 unspecified atom stereocenters. The third-order valence-corrected chi connectivity index (χ3v) is 4.93. The number of hydrogen-bond acceptors (Lipinski definition) is 4. The molecule has 5 nitrogen and oxygen atoms in total. The van der Waals surface area contributed by atoms with Gasteiger partial charge in [-0.1, -0.05) is 12.8 Å². The number of esters is 1. The lowest BCUT2D eigenvalue weighted by atomic mass is 9.67. The van der Waals surface area contributed by atoms with E-state index in [-0.39, 0.29) is 11.8 Å². The quantitative estimate of drug-likeness (QED) is 0.619. The summed E-state index contributed by atoms with van der Waals surface area (Å²) in [5.74, 6) is -1.43. The summed E-state index contributed by atoms with van der Waals surface area (Å²) in [6, 6.07) is 0. The maximum absolute atomic E-state index is 12.3. The number of hydrogen-bond donors (Lipinski definition) is 1. The Bertz CT molecular complexity index is 355. The number of rotatable bonds is 5. The number of carboxylic acids is 1. The summed E-state index contributed by atoms with van der Waals surface area (Å²) in [7, 11) is 1.29. The average molecular weight is 284 g/mol. The lowest BCUT2D eigenvalue weighted by Crippen LogP contribution is -2.47. The van der Waals surface area contributed by atoms with E-state index in [2.05, 4.69) is 0 Å². The maximum Gasteiger partial charge on any atom is 0.323 e. The first-order valence-corrected chi connectivity index (χ1v) is 7.51. The Morgan fingerprint density at radius 1 is 1.20 bits per heavy atom. The molecule has 0 aromatic heterocycles. The van der Waals surface area contributed by atoms with Gasteiger partial charge in [0.25, 0.3) is 0 Å². The van der Waals surface area contributed by atoms with Crippen LogP contribution in [0.3, 0.4) is 0 Å². The van der Waals surface area contributed by atoms with Gasteiger partial charge in [-0.05, 0) is 43.9 Å². The fourth-order valence-corrected chi connectivity index (χ4v) is 3.77. The van der Waals surface area contributed by atoms with Crippen molar-refractivity contribution in [3.8, 4) is 0 Å². The van der Waals surface area contributed by atoms with E-state index in [9.17, 15) is 14.7 Å². The number of carboxylic acid groups (broad SMARTS) is 1. The van der Waals surface area contributed by atoms with Crippen molar-refractivity contribution in [1.82, 2.24) is 0 Å². The van der Waals surface area contributed by atoms with Crippen LogP contribution in [0.15, 0.2) is 0 Å². The van der Waals surface area contributed by atoms with E-state index >= 15 is 0 Å². The Morgan fingerprint density at radius 3 is 2.30 bits per heavy atom. The highest BCUT2D eigenvalue weighted by atomic mass is 16.5. The van der Waals surface area contributed by atoms with Crippen LogP contribution < -0.4 is 0 Å².